The van der Waals surface area contributed by atoms with Crippen molar-refractivity contribution in [1.82, 2.24) is 4.90 Å². The standard InChI is InChI=1S/C28H29ClN2O5/c1-4-23-28(33)31(14-13-18-9-11-25(34-2)26(15-18)35-3)17-19-16-20(10-12-24(19)36-23)30-27(32)21-7-5-6-8-22(21)29/h5-12,15-16,23H,4,13-14,17H2,1-3H3,(H,30,32). The zero-order valence-corrected chi connectivity index (χ0v) is 21.3. The molecular formula is C28H29ClN2O5. The Morgan fingerprint density at radius 2 is 1.86 bits per heavy atom. The maximum absolute atomic E-state index is 13.2. The van der Waals surface area contributed by atoms with E-state index in [2.05, 4.69) is 5.32 Å². The Kier molecular flexibility index (Phi) is 8.00. The van der Waals surface area contributed by atoms with Gasteiger partial charge in [-0.1, -0.05) is 36.7 Å². The average molecular weight is 509 g/mol. The van der Waals surface area contributed by atoms with Gasteiger partial charge in [0.15, 0.2) is 17.6 Å². The zero-order chi connectivity index (χ0) is 25.7. The first kappa shape index (κ1) is 25.4. The van der Waals surface area contributed by atoms with Crippen LogP contribution in [0.3, 0.4) is 0 Å². The molecule has 1 aliphatic rings. The SMILES string of the molecule is CCC1Oc2ccc(NC(=O)c3ccccc3Cl)cc2CN(CCc2ccc(OC)c(OC)c2)C1=O. The molecule has 0 radical (unpaired) electrons. The molecule has 1 N–H and O–H groups in total. The van der Waals surface area contributed by atoms with Crippen molar-refractivity contribution < 1.29 is 23.8 Å². The van der Waals surface area contributed by atoms with Crippen LogP contribution in [0.1, 0.15) is 34.8 Å². The molecule has 1 heterocycles. The first-order valence-electron chi connectivity index (χ1n) is 11.8. The van der Waals surface area contributed by atoms with Crippen LogP contribution in [-0.4, -0.2) is 43.6 Å². The van der Waals surface area contributed by atoms with Gasteiger partial charge in [-0.15, -0.1) is 0 Å². The van der Waals surface area contributed by atoms with E-state index < -0.39 is 6.10 Å². The third-order valence-corrected chi connectivity index (χ3v) is 6.47. The Hall–Kier alpha value is -3.71. The lowest BCUT2D eigenvalue weighted by Crippen LogP contribution is -2.40. The Labute approximate surface area is 215 Å². The minimum Gasteiger partial charge on any atom is -0.493 e. The van der Waals surface area contributed by atoms with Gasteiger partial charge in [-0.25, -0.2) is 0 Å². The highest BCUT2D eigenvalue weighted by atomic mass is 35.5. The number of hydrogen-bond acceptors (Lipinski definition) is 5. The highest BCUT2D eigenvalue weighted by Gasteiger charge is 2.30. The molecule has 0 fully saturated rings. The topological polar surface area (TPSA) is 77.1 Å². The third kappa shape index (κ3) is 5.57. The van der Waals surface area contributed by atoms with Crippen LogP contribution in [0.25, 0.3) is 0 Å². The van der Waals surface area contributed by atoms with E-state index in [1.807, 2.05) is 31.2 Å². The average Bonchev–Trinajstić information content (AvgIpc) is 3.03. The monoisotopic (exact) mass is 508 g/mol. The van der Waals surface area contributed by atoms with Crippen molar-refractivity contribution in [1.29, 1.82) is 0 Å². The molecule has 4 rings (SSSR count). The van der Waals surface area contributed by atoms with Gasteiger partial charge in [0.2, 0.25) is 0 Å². The van der Waals surface area contributed by atoms with E-state index >= 15 is 0 Å². The molecule has 1 atom stereocenters. The number of benzene rings is 3. The normalized spacial score (nSPS) is 14.9. The summed E-state index contributed by atoms with van der Waals surface area (Å²) in [5, 5.41) is 3.27. The molecule has 188 valence electrons. The van der Waals surface area contributed by atoms with Crippen LogP contribution in [0.5, 0.6) is 17.2 Å². The van der Waals surface area contributed by atoms with Crippen LogP contribution < -0.4 is 19.5 Å². The number of rotatable bonds is 8. The molecule has 36 heavy (non-hydrogen) atoms. The van der Waals surface area contributed by atoms with Gasteiger partial charge in [0.05, 0.1) is 24.8 Å². The summed E-state index contributed by atoms with van der Waals surface area (Å²) in [6.07, 6.45) is 0.622. The molecule has 0 aliphatic carbocycles. The fourth-order valence-corrected chi connectivity index (χ4v) is 4.40. The summed E-state index contributed by atoms with van der Waals surface area (Å²) in [5.74, 6) is 1.58. The molecule has 8 heteroatoms. The van der Waals surface area contributed by atoms with Crippen molar-refractivity contribution in [3.63, 3.8) is 0 Å². The Balaban J connectivity index is 1.54. The van der Waals surface area contributed by atoms with Gasteiger partial charge in [0, 0.05) is 24.3 Å². The predicted molar refractivity (Wildman–Crippen MR) is 139 cm³/mol. The second kappa shape index (κ2) is 11.4. The molecule has 3 aromatic carbocycles. The maximum atomic E-state index is 13.2. The van der Waals surface area contributed by atoms with Crippen molar-refractivity contribution in [3.05, 3.63) is 82.4 Å². The number of anilines is 1. The number of carbonyl (C=O) groups is 2. The van der Waals surface area contributed by atoms with E-state index in [0.717, 1.165) is 11.1 Å². The molecule has 1 unspecified atom stereocenters. The molecule has 7 nitrogen and oxygen atoms in total. The summed E-state index contributed by atoms with van der Waals surface area (Å²) in [6, 6.07) is 18.0. The summed E-state index contributed by atoms with van der Waals surface area (Å²) >= 11 is 6.17. The summed E-state index contributed by atoms with van der Waals surface area (Å²) in [7, 11) is 3.20. The van der Waals surface area contributed by atoms with Crippen molar-refractivity contribution >= 4 is 29.1 Å². The van der Waals surface area contributed by atoms with Gasteiger partial charge in [-0.05, 0) is 60.9 Å². The third-order valence-electron chi connectivity index (χ3n) is 6.14. The van der Waals surface area contributed by atoms with Gasteiger partial charge >= 0.3 is 0 Å². The molecule has 0 bridgehead atoms. The van der Waals surface area contributed by atoms with Crippen molar-refractivity contribution in [2.75, 3.05) is 26.1 Å². The van der Waals surface area contributed by atoms with E-state index in [0.29, 0.717) is 59.5 Å². The second-order valence-electron chi connectivity index (χ2n) is 8.47. The smallest absolute Gasteiger partial charge is 0.263 e. The fourth-order valence-electron chi connectivity index (χ4n) is 4.18. The van der Waals surface area contributed by atoms with Gasteiger partial charge in [-0.2, -0.15) is 0 Å². The van der Waals surface area contributed by atoms with Crippen LogP contribution in [0.15, 0.2) is 60.7 Å². The number of nitrogens with one attached hydrogen (secondary N) is 1. The zero-order valence-electron chi connectivity index (χ0n) is 20.5. The first-order chi connectivity index (χ1) is 17.4. The molecule has 0 aromatic heterocycles. The highest BCUT2D eigenvalue weighted by Crippen LogP contribution is 2.31. The largest absolute Gasteiger partial charge is 0.493 e. The molecule has 1 aliphatic heterocycles. The van der Waals surface area contributed by atoms with E-state index in [9.17, 15) is 9.59 Å². The summed E-state index contributed by atoms with van der Waals surface area (Å²) in [5.41, 5.74) is 2.84. The lowest BCUT2D eigenvalue weighted by atomic mass is 10.1. The quantitative estimate of drug-likeness (QED) is 0.443. The van der Waals surface area contributed by atoms with E-state index in [1.54, 1.807) is 55.5 Å². The summed E-state index contributed by atoms with van der Waals surface area (Å²) in [6.45, 7) is 2.80. The van der Waals surface area contributed by atoms with Crippen LogP contribution in [-0.2, 0) is 17.8 Å². The minimum atomic E-state index is -0.569. The molecule has 0 spiro atoms. The van der Waals surface area contributed by atoms with Crippen LogP contribution in [0.2, 0.25) is 5.02 Å². The fraction of sp³-hybridized carbons (Fsp3) is 0.286. The van der Waals surface area contributed by atoms with Gasteiger partial charge < -0.3 is 24.4 Å². The number of ether oxygens (including phenoxy) is 3. The molecule has 3 aromatic rings. The predicted octanol–water partition coefficient (Wildman–Crippen LogP) is 5.35. The van der Waals surface area contributed by atoms with Gasteiger partial charge in [0.1, 0.15) is 5.75 Å². The number of nitrogens with zero attached hydrogens (tertiary/aromatic N) is 1. The number of halogens is 1. The molecule has 0 saturated carbocycles. The van der Waals surface area contributed by atoms with Crippen LogP contribution in [0.4, 0.5) is 5.69 Å². The van der Waals surface area contributed by atoms with Crippen LogP contribution >= 0.6 is 11.6 Å². The van der Waals surface area contributed by atoms with Crippen molar-refractivity contribution in [3.8, 4) is 17.2 Å². The summed E-state index contributed by atoms with van der Waals surface area (Å²) in [4.78, 5) is 27.8. The lowest BCUT2D eigenvalue weighted by Gasteiger charge is -2.23. The Morgan fingerprint density at radius 1 is 1.08 bits per heavy atom. The van der Waals surface area contributed by atoms with E-state index in [-0.39, 0.29) is 11.8 Å². The van der Waals surface area contributed by atoms with E-state index in [4.69, 9.17) is 25.8 Å². The number of amides is 2. The Morgan fingerprint density at radius 3 is 2.58 bits per heavy atom. The maximum Gasteiger partial charge on any atom is 0.263 e. The summed E-state index contributed by atoms with van der Waals surface area (Å²) < 4.78 is 16.8. The first-order valence-corrected chi connectivity index (χ1v) is 12.2. The van der Waals surface area contributed by atoms with Crippen LogP contribution in [0, 0.1) is 0 Å². The highest BCUT2D eigenvalue weighted by molar-refractivity contribution is 6.34. The second-order valence-corrected chi connectivity index (χ2v) is 8.88. The van der Waals surface area contributed by atoms with Gasteiger partial charge in [0.25, 0.3) is 11.8 Å². The molecule has 0 saturated heterocycles. The minimum absolute atomic E-state index is 0.0594. The number of hydrogen-bond donors (Lipinski definition) is 1. The van der Waals surface area contributed by atoms with Crippen molar-refractivity contribution in [2.45, 2.75) is 32.4 Å². The number of fused-ring (bicyclic) bond motifs is 1. The van der Waals surface area contributed by atoms with E-state index in [1.165, 1.54) is 0 Å². The number of carbonyl (C=O) groups excluding carboxylic acids is 2. The Bertz CT molecular complexity index is 1260. The molecule has 2 amide bonds. The lowest BCUT2D eigenvalue weighted by molar-refractivity contribution is -0.138. The van der Waals surface area contributed by atoms with Gasteiger partial charge in [-0.3, -0.25) is 9.59 Å². The molecular weight excluding hydrogens is 480 g/mol. The number of methoxy groups -OCH3 is 2. The van der Waals surface area contributed by atoms with Crippen molar-refractivity contribution in [2.24, 2.45) is 0 Å².